The number of hydrogen-bond donors (Lipinski definition) is 2. The second-order valence-electron chi connectivity index (χ2n) is 4.88. The van der Waals surface area contributed by atoms with Gasteiger partial charge in [-0.15, -0.1) is 0 Å². The molecule has 3 nitrogen and oxygen atoms in total. The summed E-state index contributed by atoms with van der Waals surface area (Å²) in [6, 6.07) is -0.339. The minimum Gasteiger partial charge on any atom is -0.480 e. The molecule has 94 valence electrons. The minimum absolute atomic E-state index is 0.339. The standard InChI is InChI=1S/C13H25NO2/c1-2-14-12(13(15)16)10-6-9-11-7-4-3-5-8-11/h11-12,14H,2-10H2,1H3,(H,15,16)/t12-/m1/s1. The van der Waals surface area contributed by atoms with Gasteiger partial charge in [-0.2, -0.15) is 0 Å². The third kappa shape index (κ3) is 4.97. The molecule has 0 spiro atoms. The van der Waals surface area contributed by atoms with E-state index in [0.717, 1.165) is 25.3 Å². The molecular weight excluding hydrogens is 202 g/mol. The number of carboxylic acids is 1. The fraction of sp³-hybridized carbons (Fsp3) is 0.923. The van der Waals surface area contributed by atoms with Gasteiger partial charge in [-0.05, 0) is 18.9 Å². The lowest BCUT2D eigenvalue weighted by atomic mass is 9.85. The van der Waals surface area contributed by atoms with Crippen LogP contribution in [0.5, 0.6) is 0 Å². The molecule has 0 heterocycles. The molecule has 0 aliphatic heterocycles. The van der Waals surface area contributed by atoms with E-state index >= 15 is 0 Å². The Morgan fingerprint density at radius 2 is 2.06 bits per heavy atom. The number of nitrogens with one attached hydrogen (secondary N) is 1. The first kappa shape index (κ1) is 13.5. The van der Waals surface area contributed by atoms with Crippen molar-refractivity contribution in [2.45, 2.75) is 64.3 Å². The first-order valence-corrected chi connectivity index (χ1v) is 6.70. The van der Waals surface area contributed by atoms with Crippen LogP contribution in [-0.4, -0.2) is 23.7 Å². The Morgan fingerprint density at radius 3 is 2.62 bits per heavy atom. The van der Waals surface area contributed by atoms with Crippen LogP contribution in [0.4, 0.5) is 0 Å². The Morgan fingerprint density at radius 1 is 1.38 bits per heavy atom. The lowest BCUT2D eigenvalue weighted by Gasteiger charge is -2.22. The van der Waals surface area contributed by atoms with Crippen LogP contribution < -0.4 is 5.32 Å². The molecule has 0 radical (unpaired) electrons. The van der Waals surface area contributed by atoms with Gasteiger partial charge in [0.25, 0.3) is 0 Å². The molecule has 1 rings (SSSR count). The average molecular weight is 227 g/mol. The summed E-state index contributed by atoms with van der Waals surface area (Å²) in [7, 11) is 0. The number of rotatable bonds is 7. The molecule has 16 heavy (non-hydrogen) atoms. The topological polar surface area (TPSA) is 49.3 Å². The van der Waals surface area contributed by atoms with Gasteiger partial charge in [0, 0.05) is 0 Å². The van der Waals surface area contributed by atoms with Gasteiger partial charge in [-0.3, -0.25) is 4.79 Å². The lowest BCUT2D eigenvalue weighted by Crippen LogP contribution is -2.36. The van der Waals surface area contributed by atoms with Crippen molar-refractivity contribution in [3.8, 4) is 0 Å². The van der Waals surface area contributed by atoms with Gasteiger partial charge in [-0.25, -0.2) is 0 Å². The summed E-state index contributed by atoms with van der Waals surface area (Å²) >= 11 is 0. The van der Waals surface area contributed by atoms with Crippen LogP contribution >= 0.6 is 0 Å². The van der Waals surface area contributed by atoms with Gasteiger partial charge >= 0.3 is 5.97 Å². The average Bonchev–Trinajstić information content (AvgIpc) is 2.29. The van der Waals surface area contributed by atoms with E-state index in [2.05, 4.69) is 5.32 Å². The zero-order chi connectivity index (χ0) is 11.8. The van der Waals surface area contributed by atoms with Crippen molar-refractivity contribution in [3.63, 3.8) is 0 Å². The van der Waals surface area contributed by atoms with Crippen LogP contribution in [0, 0.1) is 5.92 Å². The van der Waals surface area contributed by atoms with Crippen LogP contribution in [-0.2, 0) is 4.79 Å². The maximum absolute atomic E-state index is 10.9. The molecule has 0 unspecified atom stereocenters. The maximum Gasteiger partial charge on any atom is 0.320 e. The molecule has 0 aromatic rings. The number of carbonyl (C=O) groups is 1. The minimum atomic E-state index is -0.703. The van der Waals surface area contributed by atoms with E-state index in [1.807, 2.05) is 6.92 Å². The molecular formula is C13H25NO2. The predicted molar refractivity (Wildman–Crippen MR) is 65.5 cm³/mol. The molecule has 0 amide bonds. The number of aliphatic carboxylic acids is 1. The molecule has 1 saturated carbocycles. The Bertz CT molecular complexity index is 200. The second-order valence-corrected chi connectivity index (χ2v) is 4.88. The fourth-order valence-electron chi connectivity index (χ4n) is 2.65. The fourth-order valence-corrected chi connectivity index (χ4v) is 2.65. The van der Waals surface area contributed by atoms with Crippen molar-refractivity contribution in [3.05, 3.63) is 0 Å². The molecule has 1 aliphatic rings. The number of hydrogen-bond acceptors (Lipinski definition) is 2. The van der Waals surface area contributed by atoms with Crippen LogP contribution in [0.3, 0.4) is 0 Å². The lowest BCUT2D eigenvalue weighted by molar-refractivity contribution is -0.139. The Labute approximate surface area is 98.6 Å². The number of carboxylic acid groups (broad SMARTS) is 1. The molecule has 0 bridgehead atoms. The van der Waals surface area contributed by atoms with Crippen molar-refractivity contribution < 1.29 is 9.90 Å². The zero-order valence-corrected chi connectivity index (χ0v) is 10.4. The normalized spacial score (nSPS) is 19.6. The van der Waals surface area contributed by atoms with Gasteiger partial charge < -0.3 is 10.4 Å². The van der Waals surface area contributed by atoms with E-state index in [1.165, 1.54) is 38.5 Å². The van der Waals surface area contributed by atoms with Crippen LogP contribution in [0.1, 0.15) is 58.3 Å². The quantitative estimate of drug-likeness (QED) is 0.703. The predicted octanol–water partition coefficient (Wildman–Crippen LogP) is 2.80. The molecule has 1 atom stereocenters. The summed E-state index contributed by atoms with van der Waals surface area (Å²) in [6.07, 6.45) is 9.91. The Balaban J connectivity index is 2.13. The van der Waals surface area contributed by atoms with E-state index in [-0.39, 0.29) is 6.04 Å². The van der Waals surface area contributed by atoms with E-state index in [9.17, 15) is 4.79 Å². The van der Waals surface area contributed by atoms with E-state index < -0.39 is 5.97 Å². The third-order valence-corrected chi connectivity index (χ3v) is 3.58. The van der Waals surface area contributed by atoms with E-state index in [4.69, 9.17) is 5.11 Å². The van der Waals surface area contributed by atoms with Crippen molar-refractivity contribution in [1.29, 1.82) is 0 Å². The summed E-state index contributed by atoms with van der Waals surface area (Å²) in [5.74, 6) is 0.162. The highest BCUT2D eigenvalue weighted by atomic mass is 16.4. The zero-order valence-electron chi connectivity index (χ0n) is 10.4. The Kier molecular flexibility index (Phi) is 6.46. The first-order chi connectivity index (χ1) is 7.74. The third-order valence-electron chi connectivity index (χ3n) is 3.58. The summed E-state index contributed by atoms with van der Waals surface area (Å²) < 4.78 is 0. The van der Waals surface area contributed by atoms with Crippen LogP contribution in [0.25, 0.3) is 0 Å². The summed E-state index contributed by atoms with van der Waals surface area (Å²) in [4.78, 5) is 10.9. The second kappa shape index (κ2) is 7.66. The summed E-state index contributed by atoms with van der Waals surface area (Å²) in [5.41, 5.74) is 0. The van der Waals surface area contributed by atoms with E-state index in [0.29, 0.717) is 0 Å². The largest absolute Gasteiger partial charge is 0.480 e. The molecule has 0 aromatic carbocycles. The highest BCUT2D eigenvalue weighted by molar-refractivity contribution is 5.73. The maximum atomic E-state index is 10.9. The van der Waals surface area contributed by atoms with Gasteiger partial charge in [-0.1, -0.05) is 51.9 Å². The smallest absolute Gasteiger partial charge is 0.320 e. The van der Waals surface area contributed by atoms with Crippen LogP contribution in [0.2, 0.25) is 0 Å². The van der Waals surface area contributed by atoms with Crippen molar-refractivity contribution in [2.24, 2.45) is 5.92 Å². The van der Waals surface area contributed by atoms with Crippen molar-refractivity contribution in [2.75, 3.05) is 6.54 Å². The summed E-state index contributed by atoms with van der Waals surface area (Å²) in [6.45, 7) is 2.69. The molecule has 0 saturated heterocycles. The molecule has 2 N–H and O–H groups in total. The molecule has 1 aliphatic carbocycles. The molecule has 0 aromatic heterocycles. The highest BCUT2D eigenvalue weighted by Gasteiger charge is 2.17. The summed E-state index contributed by atoms with van der Waals surface area (Å²) in [5, 5.41) is 12.0. The first-order valence-electron chi connectivity index (χ1n) is 6.70. The van der Waals surface area contributed by atoms with Crippen molar-refractivity contribution in [1.82, 2.24) is 5.32 Å². The number of likely N-dealkylation sites (N-methyl/N-ethyl adjacent to an activating group) is 1. The van der Waals surface area contributed by atoms with Crippen molar-refractivity contribution >= 4 is 5.97 Å². The van der Waals surface area contributed by atoms with Gasteiger partial charge in [0.2, 0.25) is 0 Å². The highest BCUT2D eigenvalue weighted by Crippen LogP contribution is 2.27. The van der Waals surface area contributed by atoms with Gasteiger partial charge in [0.05, 0.1) is 0 Å². The monoisotopic (exact) mass is 227 g/mol. The van der Waals surface area contributed by atoms with Gasteiger partial charge in [0.15, 0.2) is 0 Å². The molecule has 1 fully saturated rings. The van der Waals surface area contributed by atoms with E-state index in [1.54, 1.807) is 0 Å². The molecule has 3 heteroatoms. The van der Waals surface area contributed by atoms with Crippen LogP contribution in [0.15, 0.2) is 0 Å². The Hall–Kier alpha value is -0.570. The van der Waals surface area contributed by atoms with Gasteiger partial charge in [0.1, 0.15) is 6.04 Å². The SMILES string of the molecule is CCN[C@H](CCCC1CCCCC1)C(=O)O.